The molecule has 0 aliphatic carbocycles. The van der Waals surface area contributed by atoms with Gasteiger partial charge < -0.3 is 5.73 Å². The summed E-state index contributed by atoms with van der Waals surface area (Å²) in [5.41, 5.74) is 9.37. The van der Waals surface area contributed by atoms with Gasteiger partial charge in [0.05, 0.1) is 0 Å². The van der Waals surface area contributed by atoms with Crippen molar-refractivity contribution in [2.75, 3.05) is 0 Å². The van der Waals surface area contributed by atoms with E-state index >= 15 is 0 Å². The van der Waals surface area contributed by atoms with E-state index in [1.165, 1.54) is 11.1 Å². The maximum Gasteiger partial charge on any atom is 0.0184 e. The Labute approximate surface area is 74.6 Å². The molecular formula is C11H16N. The molecule has 1 rings (SSSR count). The van der Waals surface area contributed by atoms with Gasteiger partial charge in [-0.15, -0.1) is 0 Å². The van der Waals surface area contributed by atoms with E-state index in [-0.39, 0.29) is 0 Å². The Kier molecular flexibility index (Phi) is 3.30. The molecule has 1 radical (unpaired) electrons. The quantitative estimate of drug-likeness (QED) is 0.723. The van der Waals surface area contributed by atoms with Gasteiger partial charge in [0.15, 0.2) is 0 Å². The van der Waals surface area contributed by atoms with Crippen molar-refractivity contribution in [3.8, 4) is 0 Å². The summed E-state index contributed by atoms with van der Waals surface area (Å²) >= 11 is 0. The highest BCUT2D eigenvalue weighted by molar-refractivity contribution is 5.30. The summed E-state index contributed by atoms with van der Waals surface area (Å²) in [4.78, 5) is 0. The van der Waals surface area contributed by atoms with Gasteiger partial charge in [-0.2, -0.15) is 0 Å². The van der Waals surface area contributed by atoms with Crippen LogP contribution in [-0.2, 0) is 19.4 Å². The molecular weight excluding hydrogens is 146 g/mol. The number of hydrogen-bond donors (Lipinski definition) is 1. The highest BCUT2D eigenvalue weighted by atomic mass is 14.5. The lowest BCUT2D eigenvalue weighted by molar-refractivity contribution is 0.997. The minimum Gasteiger partial charge on any atom is -0.326 e. The van der Waals surface area contributed by atoms with Gasteiger partial charge in [0, 0.05) is 6.54 Å². The topological polar surface area (TPSA) is 26.0 Å². The summed E-state index contributed by atoms with van der Waals surface area (Å²) in [6.07, 6.45) is 2.14. The van der Waals surface area contributed by atoms with E-state index in [0.29, 0.717) is 6.54 Å². The average molecular weight is 162 g/mol. The number of hydrogen-bond acceptors (Lipinski definition) is 1. The lowest BCUT2D eigenvalue weighted by Crippen LogP contribution is -1.99. The predicted octanol–water partition coefficient (Wildman–Crippen LogP) is 2.07. The minimum absolute atomic E-state index is 0.594. The summed E-state index contributed by atoms with van der Waals surface area (Å²) in [5, 5.41) is 0. The fraction of sp³-hybridized carbons (Fsp3) is 0.455. The van der Waals surface area contributed by atoms with Crippen molar-refractivity contribution in [3.63, 3.8) is 0 Å². The van der Waals surface area contributed by atoms with Crippen molar-refractivity contribution in [1.29, 1.82) is 0 Å². The summed E-state index contributed by atoms with van der Waals surface area (Å²) in [6.45, 7) is 4.92. The predicted molar refractivity (Wildman–Crippen MR) is 51.9 cm³/mol. The molecule has 0 aromatic heterocycles. The minimum atomic E-state index is 0.594. The Morgan fingerprint density at radius 1 is 1.25 bits per heavy atom. The van der Waals surface area contributed by atoms with Crippen LogP contribution in [-0.4, -0.2) is 0 Å². The van der Waals surface area contributed by atoms with Crippen LogP contribution in [0.3, 0.4) is 0 Å². The van der Waals surface area contributed by atoms with Crippen molar-refractivity contribution in [2.24, 2.45) is 5.73 Å². The maximum atomic E-state index is 5.53. The molecule has 0 saturated heterocycles. The second-order valence-electron chi connectivity index (χ2n) is 2.90. The van der Waals surface area contributed by atoms with Crippen LogP contribution in [0.25, 0.3) is 0 Å². The molecule has 0 spiro atoms. The zero-order valence-corrected chi connectivity index (χ0v) is 7.85. The molecule has 0 atom stereocenters. The Morgan fingerprint density at radius 2 is 2.00 bits per heavy atom. The van der Waals surface area contributed by atoms with Crippen LogP contribution in [0.15, 0.2) is 12.1 Å². The van der Waals surface area contributed by atoms with E-state index in [2.05, 4.69) is 32.0 Å². The number of rotatable bonds is 3. The van der Waals surface area contributed by atoms with Gasteiger partial charge in [-0.25, -0.2) is 0 Å². The molecule has 0 aliphatic rings. The van der Waals surface area contributed by atoms with Crippen LogP contribution in [0, 0.1) is 6.07 Å². The maximum absolute atomic E-state index is 5.53. The van der Waals surface area contributed by atoms with Crippen molar-refractivity contribution in [2.45, 2.75) is 33.2 Å². The summed E-state index contributed by atoms with van der Waals surface area (Å²) in [6, 6.07) is 7.57. The second kappa shape index (κ2) is 4.27. The van der Waals surface area contributed by atoms with Gasteiger partial charge in [0.2, 0.25) is 0 Å². The van der Waals surface area contributed by atoms with E-state index in [1.807, 2.05) is 0 Å². The van der Waals surface area contributed by atoms with E-state index in [4.69, 9.17) is 5.73 Å². The number of nitrogens with two attached hydrogens (primary N) is 1. The second-order valence-corrected chi connectivity index (χ2v) is 2.90. The summed E-state index contributed by atoms with van der Waals surface area (Å²) in [5.74, 6) is 0. The molecule has 1 nitrogen and oxygen atoms in total. The molecule has 0 fully saturated rings. The molecule has 0 bridgehead atoms. The Hall–Kier alpha value is -0.820. The largest absolute Gasteiger partial charge is 0.326 e. The smallest absolute Gasteiger partial charge is 0.0184 e. The van der Waals surface area contributed by atoms with Gasteiger partial charge in [0.1, 0.15) is 0 Å². The molecule has 0 unspecified atom stereocenters. The normalized spacial score (nSPS) is 10.2. The average Bonchev–Trinajstić information content (AvgIpc) is 2.16. The fourth-order valence-corrected chi connectivity index (χ4v) is 1.38. The molecule has 0 aliphatic heterocycles. The zero-order chi connectivity index (χ0) is 8.97. The van der Waals surface area contributed by atoms with Gasteiger partial charge in [-0.1, -0.05) is 26.0 Å². The molecule has 12 heavy (non-hydrogen) atoms. The first-order valence-electron chi connectivity index (χ1n) is 4.54. The van der Waals surface area contributed by atoms with Crippen molar-refractivity contribution in [3.05, 3.63) is 34.9 Å². The fourth-order valence-electron chi connectivity index (χ4n) is 1.38. The van der Waals surface area contributed by atoms with Crippen LogP contribution in [0.4, 0.5) is 0 Å². The van der Waals surface area contributed by atoms with Crippen molar-refractivity contribution < 1.29 is 0 Å². The van der Waals surface area contributed by atoms with Crippen LogP contribution >= 0.6 is 0 Å². The third-order valence-electron chi connectivity index (χ3n) is 2.14. The van der Waals surface area contributed by atoms with Crippen molar-refractivity contribution in [1.82, 2.24) is 0 Å². The molecule has 1 aromatic carbocycles. The van der Waals surface area contributed by atoms with Gasteiger partial charge in [-0.05, 0) is 35.6 Å². The first kappa shape index (κ1) is 9.27. The Morgan fingerprint density at radius 3 is 2.50 bits per heavy atom. The molecule has 1 heteroatoms. The third kappa shape index (κ3) is 1.86. The highest BCUT2D eigenvalue weighted by Gasteiger charge is 1.99. The van der Waals surface area contributed by atoms with Gasteiger partial charge in [-0.3, -0.25) is 0 Å². The van der Waals surface area contributed by atoms with Crippen molar-refractivity contribution >= 4 is 0 Å². The SMILES string of the molecule is CCc1[c]c(CN)ccc1CC. The van der Waals surface area contributed by atoms with Gasteiger partial charge >= 0.3 is 0 Å². The zero-order valence-electron chi connectivity index (χ0n) is 7.85. The standard InChI is InChI=1S/C11H16N/c1-3-10-6-5-9(8-12)7-11(10)4-2/h5-6H,3-4,8,12H2,1-2H3. The van der Waals surface area contributed by atoms with Crippen LogP contribution < -0.4 is 5.73 Å². The lowest BCUT2D eigenvalue weighted by Gasteiger charge is -2.06. The molecule has 0 saturated carbocycles. The van der Waals surface area contributed by atoms with Gasteiger partial charge in [0.25, 0.3) is 0 Å². The number of aryl methyl sites for hydroxylation is 2. The van der Waals surface area contributed by atoms with Crippen LogP contribution in [0.2, 0.25) is 0 Å². The van der Waals surface area contributed by atoms with E-state index in [0.717, 1.165) is 18.4 Å². The third-order valence-corrected chi connectivity index (χ3v) is 2.14. The Balaban J connectivity index is 3.02. The lowest BCUT2D eigenvalue weighted by atomic mass is 10.0. The van der Waals surface area contributed by atoms with E-state index < -0.39 is 0 Å². The summed E-state index contributed by atoms with van der Waals surface area (Å²) < 4.78 is 0. The van der Waals surface area contributed by atoms with E-state index in [1.54, 1.807) is 0 Å². The first-order chi connectivity index (χ1) is 5.81. The molecule has 1 aromatic rings. The van der Waals surface area contributed by atoms with Crippen LogP contribution in [0.1, 0.15) is 30.5 Å². The van der Waals surface area contributed by atoms with Crippen LogP contribution in [0.5, 0.6) is 0 Å². The monoisotopic (exact) mass is 162 g/mol. The Bertz CT molecular complexity index is 253. The number of benzene rings is 1. The summed E-state index contributed by atoms with van der Waals surface area (Å²) in [7, 11) is 0. The highest BCUT2D eigenvalue weighted by Crippen LogP contribution is 2.12. The first-order valence-corrected chi connectivity index (χ1v) is 4.54. The molecule has 0 heterocycles. The van der Waals surface area contributed by atoms with E-state index in [9.17, 15) is 0 Å². The molecule has 2 N–H and O–H groups in total. The molecule has 0 amide bonds. The molecule has 65 valence electrons.